The van der Waals surface area contributed by atoms with Crippen molar-refractivity contribution in [2.45, 2.75) is 6.36 Å². The Bertz CT molecular complexity index is 287. The van der Waals surface area contributed by atoms with Crippen LogP contribution >= 0.6 is 0 Å². The minimum Gasteiger partial charge on any atom is -0.478 e. The maximum absolute atomic E-state index is 11.8. The number of pyridine rings is 1. The van der Waals surface area contributed by atoms with E-state index in [2.05, 4.69) is 14.5 Å². The molecule has 6 heteroatoms. The average molecular weight is 193 g/mol. The second-order valence-corrected chi connectivity index (χ2v) is 2.06. The molecule has 0 aliphatic carbocycles. The van der Waals surface area contributed by atoms with E-state index in [4.69, 9.17) is 0 Å². The fraction of sp³-hybridized carbons (Fsp3) is 0.286. The first kappa shape index (κ1) is 9.63. The Balaban J connectivity index is 2.87. The summed E-state index contributed by atoms with van der Waals surface area (Å²) < 4.78 is 43.4. The molecular weight excluding hydrogens is 187 g/mol. The van der Waals surface area contributed by atoms with Crippen molar-refractivity contribution in [2.24, 2.45) is 0 Å². The third-order valence-corrected chi connectivity index (χ3v) is 1.16. The van der Waals surface area contributed by atoms with Gasteiger partial charge in [0.1, 0.15) is 0 Å². The van der Waals surface area contributed by atoms with Crippen molar-refractivity contribution in [3.63, 3.8) is 0 Å². The Kier molecular flexibility index (Phi) is 2.60. The molecule has 0 amide bonds. The van der Waals surface area contributed by atoms with Crippen molar-refractivity contribution in [2.75, 3.05) is 7.11 Å². The van der Waals surface area contributed by atoms with Gasteiger partial charge in [0.2, 0.25) is 0 Å². The fourth-order valence-corrected chi connectivity index (χ4v) is 0.732. The van der Waals surface area contributed by atoms with E-state index >= 15 is 0 Å². The number of hydrogen-bond donors (Lipinski definition) is 0. The number of aromatic nitrogens is 1. The van der Waals surface area contributed by atoms with E-state index in [9.17, 15) is 13.2 Å². The van der Waals surface area contributed by atoms with Crippen LogP contribution in [0.25, 0.3) is 0 Å². The molecule has 72 valence electrons. The Morgan fingerprint density at radius 1 is 1.38 bits per heavy atom. The van der Waals surface area contributed by atoms with Gasteiger partial charge in [-0.05, 0) is 12.1 Å². The molecule has 0 fully saturated rings. The van der Waals surface area contributed by atoms with Crippen LogP contribution < -0.4 is 9.47 Å². The zero-order valence-electron chi connectivity index (χ0n) is 6.63. The van der Waals surface area contributed by atoms with Crippen molar-refractivity contribution in [1.82, 2.24) is 4.98 Å². The molecule has 0 N–H and O–H groups in total. The van der Waals surface area contributed by atoms with Gasteiger partial charge in [-0.2, -0.15) is 0 Å². The fourth-order valence-electron chi connectivity index (χ4n) is 0.732. The molecule has 0 saturated heterocycles. The second kappa shape index (κ2) is 3.51. The van der Waals surface area contributed by atoms with Gasteiger partial charge in [-0.15, -0.1) is 13.2 Å². The van der Waals surface area contributed by atoms with Gasteiger partial charge in [0, 0.05) is 6.20 Å². The van der Waals surface area contributed by atoms with Gasteiger partial charge in [-0.25, -0.2) is 4.98 Å². The highest BCUT2D eigenvalue weighted by Gasteiger charge is 2.32. The summed E-state index contributed by atoms with van der Waals surface area (Å²) in [4.78, 5) is 3.53. The topological polar surface area (TPSA) is 31.4 Å². The number of rotatable bonds is 2. The van der Waals surface area contributed by atoms with Crippen LogP contribution in [0.4, 0.5) is 13.2 Å². The molecule has 0 aliphatic rings. The SMILES string of the molecule is COc1ncccc1OC(F)(F)F. The third kappa shape index (κ3) is 2.81. The van der Waals surface area contributed by atoms with Crippen LogP contribution in [0.3, 0.4) is 0 Å². The standard InChI is InChI=1S/C7H6F3NO2/c1-12-6-5(3-2-4-11-6)13-7(8,9)10/h2-4H,1H3. The van der Waals surface area contributed by atoms with Crippen molar-refractivity contribution in [3.05, 3.63) is 18.3 Å². The average Bonchev–Trinajstić information content (AvgIpc) is 2.02. The van der Waals surface area contributed by atoms with Crippen molar-refractivity contribution in [1.29, 1.82) is 0 Å². The van der Waals surface area contributed by atoms with Crippen molar-refractivity contribution < 1.29 is 22.6 Å². The minimum absolute atomic E-state index is 0.195. The number of alkyl halides is 3. The van der Waals surface area contributed by atoms with Crippen LogP contribution in [-0.4, -0.2) is 18.5 Å². The van der Waals surface area contributed by atoms with Crippen LogP contribution in [0, 0.1) is 0 Å². The quantitative estimate of drug-likeness (QED) is 0.719. The summed E-state index contributed by atoms with van der Waals surface area (Å²) in [6.07, 6.45) is -3.42. The van der Waals surface area contributed by atoms with E-state index < -0.39 is 12.1 Å². The van der Waals surface area contributed by atoms with Gasteiger partial charge in [0.15, 0.2) is 5.75 Å². The molecule has 1 aromatic heterocycles. The summed E-state index contributed by atoms with van der Waals surface area (Å²) in [5.41, 5.74) is 0. The zero-order valence-corrected chi connectivity index (χ0v) is 6.63. The number of halogens is 3. The summed E-state index contributed by atoms with van der Waals surface area (Å²) in [5, 5.41) is 0. The molecular formula is C7H6F3NO2. The molecule has 0 atom stereocenters. The predicted octanol–water partition coefficient (Wildman–Crippen LogP) is 1.99. The summed E-state index contributed by atoms with van der Waals surface area (Å²) in [5.74, 6) is -0.641. The van der Waals surface area contributed by atoms with E-state index in [1.54, 1.807) is 0 Å². The Morgan fingerprint density at radius 2 is 2.08 bits per heavy atom. The normalized spacial score (nSPS) is 11.1. The Labute approximate surface area is 72.1 Å². The highest BCUT2D eigenvalue weighted by molar-refractivity contribution is 5.32. The molecule has 0 bridgehead atoms. The summed E-state index contributed by atoms with van der Waals surface area (Å²) in [6.45, 7) is 0. The number of nitrogens with zero attached hydrogens (tertiary/aromatic N) is 1. The molecule has 0 spiro atoms. The number of ether oxygens (including phenoxy) is 2. The van der Waals surface area contributed by atoms with E-state index in [1.807, 2.05) is 0 Å². The third-order valence-electron chi connectivity index (χ3n) is 1.16. The smallest absolute Gasteiger partial charge is 0.478 e. The molecule has 1 heterocycles. The van der Waals surface area contributed by atoms with E-state index in [0.29, 0.717) is 0 Å². The predicted molar refractivity (Wildman–Crippen MR) is 37.5 cm³/mol. The minimum atomic E-state index is -4.73. The lowest BCUT2D eigenvalue weighted by atomic mass is 10.4. The van der Waals surface area contributed by atoms with E-state index in [-0.39, 0.29) is 5.88 Å². The largest absolute Gasteiger partial charge is 0.573 e. The highest BCUT2D eigenvalue weighted by atomic mass is 19.4. The van der Waals surface area contributed by atoms with Crippen molar-refractivity contribution >= 4 is 0 Å². The van der Waals surface area contributed by atoms with E-state index in [1.165, 1.54) is 19.4 Å². The molecule has 0 saturated carbocycles. The Hall–Kier alpha value is -1.46. The second-order valence-electron chi connectivity index (χ2n) is 2.06. The van der Waals surface area contributed by atoms with Gasteiger partial charge >= 0.3 is 6.36 Å². The van der Waals surface area contributed by atoms with E-state index in [0.717, 1.165) is 6.07 Å². The zero-order chi connectivity index (χ0) is 9.90. The number of methoxy groups -OCH3 is 1. The molecule has 13 heavy (non-hydrogen) atoms. The number of hydrogen-bond acceptors (Lipinski definition) is 3. The molecule has 0 radical (unpaired) electrons. The molecule has 0 unspecified atom stereocenters. The van der Waals surface area contributed by atoms with Gasteiger partial charge in [0.05, 0.1) is 7.11 Å². The lowest BCUT2D eigenvalue weighted by Gasteiger charge is -2.10. The van der Waals surface area contributed by atoms with Gasteiger partial charge < -0.3 is 9.47 Å². The first-order valence-electron chi connectivity index (χ1n) is 3.27. The summed E-state index contributed by atoms with van der Waals surface area (Å²) in [6, 6.07) is 2.45. The lowest BCUT2D eigenvalue weighted by Crippen LogP contribution is -2.17. The summed E-state index contributed by atoms with van der Waals surface area (Å²) >= 11 is 0. The van der Waals surface area contributed by atoms with Crippen LogP contribution in [0.2, 0.25) is 0 Å². The lowest BCUT2D eigenvalue weighted by molar-refractivity contribution is -0.275. The molecule has 1 aromatic rings. The Morgan fingerprint density at radius 3 is 2.62 bits per heavy atom. The van der Waals surface area contributed by atoms with Crippen LogP contribution in [-0.2, 0) is 0 Å². The van der Waals surface area contributed by atoms with Crippen LogP contribution in [0.5, 0.6) is 11.6 Å². The highest BCUT2D eigenvalue weighted by Crippen LogP contribution is 2.29. The monoisotopic (exact) mass is 193 g/mol. The summed E-state index contributed by atoms with van der Waals surface area (Å²) in [7, 11) is 1.21. The molecule has 0 aliphatic heterocycles. The first-order valence-corrected chi connectivity index (χ1v) is 3.27. The first-order chi connectivity index (χ1) is 6.03. The maximum atomic E-state index is 11.8. The van der Waals surface area contributed by atoms with Gasteiger partial charge in [-0.3, -0.25) is 0 Å². The molecule has 3 nitrogen and oxygen atoms in total. The molecule has 1 rings (SSSR count). The van der Waals surface area contributed by atoms with Crippen LogP contribution in [0.1, 0.15) is 0 Å². The van der Waals surface area contributed by atoms with Crippen molar-refractivity contribution in [3.8, 4) is 11.6 Å². The molecule has 0 aromatic carbocycles. The van der Waals surface area contributed by atoms with Gasteiger partial charge in [0.25, 0.3) is 5.88 Å². The van der Waals surface area contributed by atoms with Crippen LogP contribution in [0.15, 0.2) is 18.3 Å². The van der Waals surface area contributed by atoms with Gasteiger partial charge in [-0.1, -0.05) is 0 Å². The maximum Gasteiger partial charge on any atom is 0.573 e.